The van der Waals surface area contributed by atoms with Gasteiger partial charge in [0.25, 0.3) is 5.56 Å². The molecule has 4 heteroatoms. The molecule has 0 amide bonds. The molecule has 2 aromatic rings. The van der Waals surface area contributed by atoms with Crippen molar-refractivity contribution in [2.45, 2.75) is 13.5 Å². The van der Waals surface area contributed by atoms with Gasteiger partial charge in [0.15, 0.2) is 0 Å². The summed E-state index contributed by atoms with van der Waals surface area (Å²) in [6.45, 7) is 2.21. The van der Waals surface area contributed by atoms with E-state index >= 15 is 0 Å². The second-order valence-corrected chi connectivity index (χ2v) is 3.57. The molecule has 2 rings (SSSR count). The number of nitrogens with two attached hydrogens (primary N) is 1. The van der Waals surface area contributed by atoms with Gasteiger partial charge in [-0.2, -0.15) is 0 Å². The lowest BCUT2D eigenvalue weighted by molar-refractivity contribution is 0.741. The van der Waals surface area contributed by atoms with Crippen LogP contribution < -0.4 is 11.3 Å². The number of benzene rings is 1. The summed E-state index contributed by atoms with van der Waals surface area (Å²) in [6.07, 6.45) is 0. The number of hydrogen-bond donors (Lipinski definition) is 1. The first-order valence-corrected chi connectivity index (χ1v) is 4.80. The number of rotatable bonds is 1. The maximum absolute atomic E-state index is 11.9. The normalized spacial score (nSPS) is 10.9. The van der Waals surface area contributed by atoms with E-state index in [0.717, 1.165) is 11.1 Å². The fourth-order valence-electron chi connectivity index (χ4n) is 1.66. The molecule has 0 saturated heterocycles. The predicted octanol–water partition coefficient (Wildman–Crippen LogP) is 0.701. The van der Waals surface area contributed by atoms with E-state index in [9.17, 15) is 4.79 Å². The number of hydrogen-bond acceptors (Lipinski definition) is 3. The third-order valence-electron chi connectivity index (χ3n) is 2.58. The molecule has 1 heterocycles. The van der Waals surface area contributed by atoms with Gasteiger partial charge in [0.05, 0.1) is 17.4 Å². The van der Waals surface area contributed by atoms with E-state index in [4.69, 9.17) is 5.73 Å². The van der Waals surface area contributed by atoms with Crippen LogP contribution in [0.5, 0.6) is 0 Å². The fraction of sp³-hybridized carbons (Fsp3) is 0.273. The molecule has 0 radical (unpaired) electrons. The minimum Gasteiger partial charge on any atom is -0.324 e. The van der Waals surface area contributed by atoms with Crippen molar-refractivity contribution in [2.75, 3.05) is 0 Å². The Morgan fingerprint density at radius 2 is 2.20 bits per heavy atom. The van der Waals surface area contributed by atoms with Gasteiger partial charge in [0, 0.05) is 7.05 Å². The Labute approximate surface area is 87.4 Å². The van der Waals surface area contributed by atoms with Crippen LogP contribution in [-0.4, -0.2) is 9.55 Å². The fourth-order valence-corrected chi connectivity index (χ4v) is 1.66. The highest BCUT2D eigenvalue weighted by atomic mass is 16.1. The van der Waals surface area contributed by atoms with Gasteiger partial charge >= 0.3 is 0 Å². The lowest BCUT2D eigenvalue weighted by atomic mass is 10.1. The standard InChI is InChI=1S/C11H13N3O/c1-7-4-3-5-8-10(7)13-9(6-12)14(2)11(8)15/h3-5H,6,12H2,1-2H3. The van der Waals surface area contributed by atoms with E-state index in [2.05, 4.69) is 4.98 Å². The summed E-state index contributed by atoms with van der Waals surface area (Å²) in [6, 6.07) is 5.59. The molecule has 0 aliphatic rings. The molecular weight excluding hydrogens is 190 g/mol. The Morgan fingerprint density at radius 1 is 1.47 bits per heavy atom. The van der Waals surface area contributed by atoms with E-state index < -0.39 is 0 Å². The molecule has 0 bridgehead atoms. The third-order valence-corrected chi connectivity index (χ3v) is 2.58. The Hall–Kier alpha value is -1.68. The summed E-state index contributed by atoms with van der Waals surface area (Å²) in [5.74, 6) is 0.613. The molecule has 1 aromatic carbocycles. The van der Waals surface area contributed by atoms with Gasteiger partial charge in [0.2, 0.25) is 0 Å². The summed E-state index contributed by atoms with van der Waals surface area (Å²) >= 11 is 0. The maximum Gasteiger partial charge on any atom is 0.261 e. The maximum atomic E-state index is 11.9. The highest BCUT2D eigenvalue weighted by Gasteiger charge is 2.07. The van der Waals surface area contributed by atoms with Gasteiger partial charge in [-0.1, -0.05) is 12.1 Å². The molecule has 0 saturated carbocycles. The number of aryl methyl sites for hydroxylation is 1. The molecule has 0 fully saturated rings. The van der Waals surface area contributed by atoms with Gasteiger partial charge in [-0.3, -0.25) is 9.36 Å². The molecule has 15 heavy (non-hydrogen) atoms. The number of para-hydroxylation sites is 1. The quantitative estimate of drug-likeness (QED) is 0.742. The molecule has 0 atom stereocenters. The topological polar surface area (TPSA) is 60.9 Å². The predicted molar refractivity (Wildman–Crippen MR) is 59.6 cm³/mol. The first-order valence-electron chi connectivity index (χ1n) is 4.80. The van der Waals surface area contributed by atoms with Crippen LogP contribution in [-0.2, 0) is 13.6 Å². The minimum absolute atomic E-state index is 0.0378. The van der Waals surface area contributed by atoms with Crippen molar-refractivity contribution in [1.82, 2.24) is 9.55 Å². The molecule has 78 valence electrons. The largest absolute Gasteiger partial charge is 0.324 e. The van der Waals surface area contributed by atoms with E-state index in [0.29, 0.717) is 11.2 Å². The minimum atomic E-state index is -0.0378. The van der Waals surface area contributed by atoms with E-state index in [-0.39, 0.29) is 12.1 Å². The van der Waals surface area contributed by atoms with Crippen molar-refractivity contribution in [3.05, 3.63) is 39.9 Å². The second kappa shape index (κ2) is 3.47. The molecule has 0 unspecified atom stereocenters. The molecule has 0 spiro atoms. The van der Waals surface area contributed by atoms with Crippen molar-refractivity contribution in [1.29, 1.82) is 0 Å². The smallest absolute Gasteiger partial charge is 0.261 e. The molecule has 4 nitrogen and oxygen atoms in total. The average Bonchev–Trinajstić information content (AvgIpc) is 2.24. The van der Waals surface area contributed by atoms with E-state index in [1.54, 1.807) is 13.1 Å². The molecule has 0 aliphatic heterocycles. The number of nitrogens with zero attached hydrogens (tertiary/aromatic N) is 2. The molecule has 2 N–H and O–H groups in total. The van der Waals surface area contributed by atoms with Crippen LogP contribution in [0.1, 0.15) is 11.4 Å². The zero-order valence-corrected chi connectivity index (χ0v) is 8.82. The molecule has 1 aromatic heterocycles. The zero-order chi connectivity index (χ0) is 11.0. The Balaban J connectivity index is 2.98. The highest BCUT2D eigenvalue weighted by Crippen LogP contribution is 2.12. The first kappa shape index (κ1) is 9.86. The summed E-state index contributed by atoms with van der Waals surface area (Å²) in [5.41, 5.74) is 7.25. The van der Waals surface area contributed by atoms with Gasteiger partial charge in [0.1, 0.15) is 5.82 Å². The summed E-state index contributed by atoms with van der Waals surface area (Å²) < 4.78 is 1.50. The third kappa shape index (κ3) is 1.43. The summed E-state index contributed by atoms with van der Waals surface area (Å²) in [7, 11) is 1.69. The molecule has 0 aliphatic carbocycles. The Morgan fingerprint density at radius 3 is 2.87 bits per heavy atom. The first-order chi connectivity index (χ1) is 7.15. The number of aromatic nitrogens is 2. The zero-order valence-electron chi connectivity index (χ0n) is 8.82. The van der Waals surface area contributed by atoms with E-state index in [1.165, 1.54) is 4.57 Å². The van der Waals surface area contributed by atoms with Crippen molar-refractivity contribution >= 4 is 10.9 Å². The van der Waals surface area contributed by atoms with Crippen molar-refractivity contribution in [3.8, 4) is 0 Å². The van der Waals surface area contributed by atoms with Crippen LogP contribution in [0.3, 0.4) is 0 Å². The van der Waals surface area contributed by atoms with Crippen LogP contribution in [0.25, 0.3) is 10.9 Å². The van der Waals surface area contributed by atoms with Crippen LogP contribution >= 0.6 is 0 Å². The molecular formula is C11H13N3O. The van der Waals surface area contributed by atoms with Crippen LogP contribution in [0.4, 0.5) is 0 Å². The number of fused-ring (bicyclic) bond motifs is 1. The van der Waals surface area contributed by atoms with Gasteiger partial charge in [-0.15, -0.1) is 0 Å². The van der Waals surface area contributed by atoms with Crippen molar-refractivity contribution in [3.63, 3.8) is 0 Å². The average molecular weight is 203 g/mol. The summed E-state index contributed by atoms with van der Waals surface area (Å²) in [4.78, 5) is 16.3. The summed E-state index contributed by atoms with van der Waals surface area (Å²) in [5, 5.41) is 0.648. The SMILES string of the molecule is Cc1cccc2c(=O)n(C)c(CN)nc12. The van der Waals surface area contributed by atoms with Gasteiger partial charge in [-0.05, 0) is 18.6 Å². The monoisotopic (exact) mass is 203 g/mol. The van der Waals surface area contributed by atoms with Crippen LogP contribution in [0, 0.1) is 6.92 Å². The highest BCUT2D eigenvalue weighted by molar-refractivity contribution is 5.80. The Kier molecular flexibility index (Phi) is 2.28. The van der Waals surface area contributed by atoms with Crippen molar-refractivity contribution < 1.29 is 0 Å². The van der Waals surface area contributed by atoms with E-state index in [1.807, 2.05) is 19.1 Å². The van der Waals surface area contributed by atoms with Crippen LogP contribution in [0.15, 0.2) is 23.0 Å². The second-order valence-electron chi connectivity index (χ2n) is 3.57. The lowest BCUT2D eigenvalue weighted by Gasteiger charge is -2.08. The lowest BCUT2D eigenvalue weighted by Crippen LogP contribution is -2.24. The van der Waals surface area contributed by atoms with Crippen LogP contribution in [0.2, 0.25) is 0 Å². The van der Waals surface area contributed by atoms with Crippen molar-refractivity contribution in [2.24, 2.45) is 12.8 Å². The van der Waals surface area contributed by atoms with Gasteiger partial charge < -0.3 is 5.73 Å². The van der Waals surface area contributed by atoms with Gasteiger partial charge in [-0.25, -0.2) is 4.98 Å². The Bertz CT molecular complexity index is 572.